The van der Waals surface area contributed by atoms with Gasteiger partial charge in [-0.3, -0.25) is 0 Å². The molecule has 0 aromatic heterocycles. The van der Waals surface area contributed by atoms with Gasteiger partial charge in [0, 0.05) is 31.4 Å². The van der Waals surface area contributed by atoms with Crippen LogP contribution in [0.15, 0.2) is 24.3 Å². The molecule has 16 heavy (non-hydrogen) atoms. The van der Waals surface area contributed by atoms with Gasteiger partial charge in [-0.25, -0.2) is 4.39 Å². The minimum absolute atomic E-state index is 0.180. The summed E-state index contributed by atoms with van der Waals surface area (Å²) in [4.78, 5) is 2.23. The number of hydrogen-bond donors (Lipinski definition) is 1. The average Bonchev–Trinajstić information content (AvgIpc) is 2.26. The van der Waals surface area contributed by atoms with Gasteiger partial charge in [0.1, 0.15) is 5.82 Å². The van der Waals surface area contributed by atoms with Crippen molar-refractivity contribution in [2.75, 3.05) is 24.5 Å². The van der Waals surface area contributed by atoms with Crippen molar-refractivity contribution in [3.8, 4) is 0 Å². The molecule has 0 saturated carbocycles. The van der Waals surface area contributed by atoms with Gasteiger partial charge < -0.3 is 10.2 Å². The van der Waals surface area contributed by atoms with Crippen LogP contribution in [-0.4, -0.2) is 25.7 Å². The number of likely N-dealkylation sites (N-methyl/N-ethyl adjacent to an activating group) is 1. The lowest BCUT2D eigenvalue weighted by Gasteiger charge is -2.23. The van der Waals surface area contributed by atoms with Gasteiger partial charge in [0.05, 0.1) is 0 Å². The van der Waals surface area contributed by atoms with Crippen molar-refractivity contribution >= 4 is 5.69 Å². The van der Waals surface area contributed by atoms with E-state index < -0.39 is 0 Å². The molecular weight excluding hydrogens is 203 g/mol. The molecule has 3 heteroatoms. The molecule has 0 radical (unpaired) electrons. The smallest absolute Gasteiger partial charge is 0.123 e. The second-order valence-electron chi connectivity index (χ2n) is 4.16. The van der Waals surface area contributed by atoms with Gasteiger partial charge in [0.2, 0.25) is 0 Å². The summed E-state index contributed by atoms with van der Waals surface area (Å²) in [5, 5.41) is 3.38. The van der Waals surface area contributed by atoms with Gasteiger partial charge in [-0.1, -0.05) is 13.8 Å². The summed E-state index contributed by atoms with van der Waals surface area (Å²) < 4.78 is 12.8. The van der Waals surface area contributed by atoms with E-state index >= 15 is 0 Å². The normalized spacial score (nSPS) is 10.8. The van der Waals surface area contributed by atoms with Crippen LogP contribution < -0.4 is 10.2 Å². The monoisotopic (exact) mass is 224 g/mol. The quantitative estimate of drug-likeness (QED) is 0.799. The third kappa shape index (κ3) is 4.19. The Kier molecular flexibility index (Phi) is 5.26. The maximum absolute atomic E-state index is 12.8. The number of hydrogen-bond acceptors (Lipinski definition) is 2. The van der Waals surface area contributed by atoms with E-state index in [1.54, 1.807) is 0 Å². The number of anilines is 1. The minimum Gasteiger partial charge on any atom is -0.371 e. The fraction of sp³-hybridized carbons (Fsp3) is 0.538. The average molecular weight is 224 g/mol. The molecule has 0 spiro atoms. The SMILES string of the molecule is CCN(CCNC(C)C)c1ccc(F)cc1. The molecule has 0 bridgehead atoms. The zero-order valence-electron chi connectivity index (χ0n) is 10.3. The fourth-order valence-corrected chi connectivity index (χ4v) is 1.61. The van der Waals surface area contributed by atoms with Crippen LogP contribution >= 0.6 is 0 Å². The van der Waals surface area contributed by atoms with Crippen molar-refractivity contribution in [1.82, 2.24) is 5.32 Å². The highest BCUT2D eigenvalue weighted by molar-refractivity contribution is 5.46. The molecule has 0 fully saturated rings. The first-order valence-electron chi connectivity index (χ1n) is 5.87. The highest BCUT2D eigenvalue weighted by Gasteiger charge is 2.04. The van der Waals surface area contributed by atoms with Crippen LogP contribution in [0, 0.1) is 5.82 Å². The van der Waals surface area contributed by atoms with Gasteiger partial charge >= 0.3 is 0 Å². The number of rotatable bonds is 6. The van der Waals surface area contributed by atoms with Gasteiger partial charge in [-0.2, -0.15) is 0 Å². The Labute approximate surface area is 97.5 Å². The summed E-state index contributed by atoms with van der Waals surface area (Å²) in [5.74, 6) is -0.180. The highest BCUT2D eigenvalue weighted by Crippen LogP contribution is 2.13. The first kappa shape index (κ1) is 13.0. The van der Waals surface area contributed by atoms with Crippen molar-refractivity contribution in [1.29, 1.82) is 0 Å². The predicted molar refractivity (Wildman–Crippen MR) is 67.4 cm³/mol. The largest absolute Gasteiger partial charge is 0.371 e. The van der Waals surface area contributed by atoms with E-state index in [0.717, 1.165) is 25.3 Å². The lowest BCUT2D eigenvalue weighted by Crippen LogP contribution is -2.34. The van der Waals surface area contributed by atoms with Crippen molar-refractivity contribution < 1.29 is 4.39 Å². The molecule has 1 aromatic rings. The summed E-state index contributed by atoms with van der Waals surface area (Å²) in [6, 6.07) is 7.18. The number of benzene rings is 1. The third-order valence-electron chi connectivity index (χ3n) is 2.51. The minimum atomic E-state index is -0.180. The standard InChI is InChI=1S/C13H21FN2/c1-4-16(10-9-15-11(2)3)13-7-5-12(14)6-8-13/h5-8,11,15H,4,9-10H2,1-3H3. The Hall–Kier alpha value is -1.09. The maximum Gasteiger partial charge on any atom is 0.123 e. The van der Waals surface area contributed by atoms with Gasteiger partial charge in [0.15, 0.2) is 0 Å². The van der Waals surface area contributed by atoms with Crippen LogP contribution in [-0.2, 0) is 0 Å². The van der Waals surface area contributed by atoms with Crippen molar-refractivity contribution in [2.45, 2.75) is 26.8 Å². The zero-order valence-corrected chi connectivity index (χ0v) is 10.3. The number of nitrogens with zero attached hydrogens (tertiary/aromatic N) is 1. The molecule has 0 amide bonds. The molecule has 0 atom stereocenters. The lowest BCUT2D eigenvalue weighted by atomic mass is 10.2. The summed E-state index contributed by atoms with van der Waals surface area (Å²) in [5.41, 5.74) is 1.08. The molecule has 0 aliphatic carbocycles. The molecule has 0 heterocycles. The van der Waals surface area contributed by atoms with E-state index in [4.69, 9.17) is 0 Å². The molecule has 1 rings (SSSR count). The first-order chi connectivity index (χ1) is 7.63. The summed E-state index contributed by atoms with van der Waals surface area (Å²) in [7, 11) is 0. The van der Waals surface area contributed by atoms with E-state index in [9.17, 15) is 4.39 Å². The van der Waals surface area contributed by atoms with E-state index in [1.165, 1.54) is 12.1 Å². The Bertz CT molecular complexity index is 295. The summed E-state index contributed by atoms with van der Waals surface area (Å²) in [6.07, 6.45) is 0. The first-order valence-corrected chi connectivity index (χ1v) is 5.87. The van der Waals surface area contributed by atoms with E-state index in [2.05, 4.69) is 31.0 Å². The van der Waals surface area contributed by atoms with Crippen LogP contribution in [0.2, 0.25) is 0 Å². The fourth-order valence-electron chi connectivity index (χ4n) is 1.61. The summed E-state index contributed by atoms with van der Waals surface area (Å²) in [6.45, 7) is 9.20. The summed E-state index contributed by atoms with van der Waals surface area (Å²) >= 11 is 0. The van der Waals surface area contributed by atoms with Gasteiger partial charge in [0.25, 0.3) is 0 Å². The Morgan fingerprint density at radius 1 is 1.25 bits per heavy atom. The second kappa shape index (κ2) is 6.48. The van der Waals surface area contributed by atoms with E-state index in [0.29, 0.717) is 6.04 Å². The molecule has 0 unspecified atom stereocenters. The van der Waals surface area contributed by atoms with Crippen LogP contribution in [0.5, 0.6) is 0 Å². The Morgan fingerprint density at radius 2 is 1.88 bits per heavy atom. The molecule has 0 saturated heterocycles. The number of nitrogens with one attached hydrogen (secondary N) is 1. The van der Waals surface area contributed by atoms with Crippen LogP contribution in [0.1, 0.15) is 20.8 Å². The Balaban J connectivity index is 2.50. The van der Waals surface area contributed by atoms with Gasteiger partial charge in [-0.05, 0) is 31.2 Å². The molecule has 0 aliphatic rings. The molecule has 90 valence electrons. The van der Waals surface area contributed by atoms with Crippen molar-refractivity contribution in [2.24, 2.45) is 0 Å². The van der Waals surface area contributed by atoms with E-state index in [-0.39, 0.29) is 5.82 Å². The van der Waals surface area contributed by atoms with E-state index in [1.807, 2.05) is 12.1 Å². The molecule has 2 nitrogen and oxygen atoms in total. The Morgan fingerprint density at radius 3 is 2.38 bits per heavy atom. The van der Waals surface area contributed by atoms with Gasteiger partial charge in [-0.15, -0.1) is 0 Å². The zero-order chi connectivity index (χ0) is 12.0. The van der Waals surface area contributed by atoms with Crippen LogP contribution in [0.3, 0.4) is 0 Å². The van der Waals surface area contributed by atoms with Crippen molar-refractivity contribution in [3.63, 3.8) is 0 Å². The predicted octanol–water partition coefficient (Wildman–Crippen LogP) is 2.65. The molecule has 0 aliphatic heterocycles. The number of halogens is 1. The topological polar surface area (TPSA) is 15.3 Å². The maximum atomic E-state index is 12.8. The third-order valence-corrected chi connectivity index (χ3v) is 2.51. The lowest BCUT2D eigenvalue weighted by molar-refractivity contribution is 0.583. The van der Waals surface area contributed by atoms with Crippen molar-refractivity contribution in [3.05, 3.63) is 30.1 Å². The van der Waals surface area contributed by atoms with Crippen LogP contribution in [0.4, 0.5) is 10.1 Å². The second-order valence-corrected chi connectivity index (χ2v) is 4.16. The molecular formula is C13H21FN2. The highest BCUT2D eigenvalue weighted by atomic mass is 19.1. The molecule has 1 N–H and O–H groups in total. The van der Waals surface area contributed by atoms with Crippen LogP contribution in [0.25, 0.3) is 0 Å². The molecule has 1 aromatic carbocycles.